The second-order valence-electron chi connectivity index (χ2n) is 4.93. The van der Waals surface area contributed by atoms with Crippen LogP contribution in [0, 0.1) is 0 Å². The standard InChI is InChI=1S/C15H13Cl3N4/c16-10-1-8(4-21-6-10)3-20-5-9-2-11(17)13-12(18)7-22-15(13)14(9)19/h1-2,4,6-7,20,22H,3,5,19H2. The van der Waals surface area contributed by atoms with E-state index in [0.717, 1.165) is 22.0 Å². The molecule has 1 aromatic carbocycles. The maximum atomic E-state index is 6.28. The summed E-state index contributed by atoms with van der Waals surface area (Å²) in [5.41, 5.74) is 9.50. The van der Waals surface area contributed by atoms with E-state index in [1.54, 1.807) is 18.6 Å². The largest absolute Gasteiger partial charge is 0.397 e. The van der Waals surface area contributed by atoms with Crippen molar-refractivity contribution in [3.63, 3.8) is 0 Å². The van der Waals surface area contributed by atoms with E-state index in [2.05, 4.69) is 15.3 Å². The van der Waals surface area contributed by atoms with Crippen LogP contribution in [0.5, 0.6) is 0 Å². The summed E-state index contributed by atoms with van der Waals surface area (Å²) < 4.78 is 0. The third-order valence-corrected chi connectivity index (χ3v) is 4.20. The van der Waals surface area contributed by atoms with Gasteiger partial charge in [-0.2, -0.15) is 0 Å². The minimum atomic E-state index is 0.566. The number of nitrogens with two attached hydrogens (primary N) is 1. The first-order valence-electron chi connectivity index (χ1n) is 6.60. The molecule has 0 amide bonds. The van der Waals surface area contributed by atoms with E-state index >= 15 is 0 Å². The van der Waals surface area contributed by atoms with Crippen molar-refractivity contribution in [1.82, 2.24) is 15.3 Å². The normalized spacial score (nSPS) is 11.2. The Morgan fingerprint density at radius 2 is 1.91 bits per heavy atom. The summed E-state index contributed by atoms with van der Waals surface area (Å²) in [5.74, 6) is 0. The van der Waals surface area contributed by atoms with Gasteiger partial charge in [0.05, 0.1) is 26.3 Å². The number of rotatable bonds is 4. The van der Waals surface area contributed by atoms with Gasteiger partial charge in [0, 0.05) is 37.1 Å². The van der Waals surface area contributed by atoms with Crippen molar-refractivity contribution < 1.29 is 0 Å². The van der Waals surface area contributed by atoms with E-state index in [4.69, 9.17) is 40.5 Å². The van der Waals surface area contributed by atoms with E-state index in [9.17, 15) is 0 Å². The molecule has 0 fully saturated rings. The molecule has 0 radical (unpaired) electrons. The van der Waals surface area contributed by atoms with Crippen molar-refractivity contribution in [2.45, 2.75) is 13.1 Å². The highest BCUT2D eigenvalue weighted by Crippen LogP contribution is 2.35. The second kappa shape index (κ2) is 6.34. The highest BCUT2D eigenvalue weighted by molar-refractivity contribution is 6.42. The zero-order chi connectivity index (χ0) is 15.7. The van der Waals surface area contributed by atoms with Gasteiger partial charge in [-0.05, 0) is 23.3 Å². The predicted molar refractivity (Wildman–Crippen MR) is 92.5 cm³/mol. The Bertz CT molecular complexity index is 829. The lowest BCUT2D eigenvalue weighted by atomic mass is 10.1. The van der Waals surface area contributed by atoms with Crippen molar-refractivity contribution in [2.75, 3.05) is 5.73 Å². The van der Waals surface area contributed by atoms with Gasteiger partial charge in [0.1, 0.15) is 0 Å². The fourth-order valence-corrected chi connectivity index (χ4v) is 3.17. The molecule has 0 saturated heterocycles. The molecule has 0 aliphatic heterocycles. The monoisotopic (exact) mass is 354 g/mol. The zero-order valence-corrected chi connectivity index (χ0v) is 13.7. The number of aromatic nitrogens is 2. The van der Waals surface area contributed by atoms with Crippen LogP contribution in [0.1, 0.15) is 11.1 Å². The lowest BCUT2D eigenvalue weighted by molar-refractivity contribution is 0.693. The van der Waals surface area contributed by atoms with Crippen LogP contribution in [0.2, 0.25) is 15.1 Å². The van der Waals surface area contributed by atoms with Crippen molar-refractivity contribution in [3.05, 3.63) is 56.9 Å². The van der Waals surface area contributed by atoms with E-state index in [0.29, 0.717) is 33.8 Å². The zero-order valence-electron chi connectivity index (χ0n) is 11.5. The molecule has 4 N–H and O–H groups in total. The number of hydrogen-bond donors (Lipinski definition) is 3. The highest BCUT2D eigenvalue weighted by Gasteiger charge is 2.13. The molecule has 2 heterocycles. The lowest BCUT2D eigenvalue weighted by Crippen LogP contribution is -2.14. The Kier molecular flexibility index (Phi) is 4.45. The van der Waals surface area contributed by atoms with Crippen LogP contribution < -0.4 is 11.1 Å². The molecular weight excluding hydrogens is 343 g/mol. The van der Waals surface area contributed by atoms with E-state index in [1.165, 1.54) is 0 Å². The second-order valence-corrected chi connectivity index (χ2v) is 6.18. The maximum absolute atomic E-state index is 6.28. The average molecular weight is 356 g/mol. The summed E-state index contributed by atoms with van der Waals surface area (Å²) in [6, 6.07) is 3.70. The fourth-order valence-electron chi connectivity index (χ4n) is 2.35. The molecule has 114 valence electrons. The number of fused-ring (bicyclic) bond motifs is 1. The van der Waals surface area contributed by atoms with Crippen LogP contribution in [-0.4, -0.2) is 9.97 Å². The first-order valence-corrected chi connectivity index (χ1v) is 7.73. The van der Waals surface area contributed by atoms with Gasteiger partial charge >= 0.3 is 0 Å². The molecule has 22 heavy (non-hydrogen) atoms. The van der Waals surface area contributed by atoms with Crippen LogP contribution in [0.4, 0.5) is 5.69 Å². The van der Waals surface area contributed by atoms with Crippen LogP contribution >= 0.6 is 34.8 Å². The molecule has 0 aliphatic rings. The van der Waals surface area contributed by atoms with Gasteiger partial charge in [0.25, 0.3) is 0 Å². The van der Waals surface area contributed by atoms with Gasteiger partial charge in [-0.15, -0.1) is 0 Å². The molecule has 0 atom stereocenters. The Hall–Kier alpha value is -1.46. The van der Waals surface area contributed by atoms with Crippen LogP contribution in [-0.2, 0) is 13.1 Å². The summed E-state index contributed by atoms with van der Waals surface area (Å²) >= 11 is 18.3. The number of hydrogen-bond acceptors (Lipinski definition) is 3. The molecule has 0 unspecified atom stereocenters. The minimum absolute atomic E-state index is 0.566. The average Bonchev–Trinajstić information content (AvgIpc) is 2.87. The fraction of sp³-hybridized carbons (Fsp3) is 0.133. The smallest absolute Gasteiger partial charge is 0.0721 e. The summed E-state index contributed by atoms with van der Waals surface area (Å²) in [4.78, 5) is 7.10. The van der Waals surface area contributed by atoms with Crippen molar-refractivity contribution >= 4 is 51.4 Å². The number of halogens is 3. The van der Waals surface area contributed by atoms with E-state index in [1.807, 2.05) is 12.1 Å². The van der Waals surface area contributed by atoms with Crippen LogP contribution in [0.25, 0.3) is 10.9 Å². The van der Waals surface area contributed by atoms with Gasteiger partial charge in [-0.25, -0.2) is 0 Å². The maximum Gasteiger partial charge on any atom is 0.0721 e. The molecule has 7 heteroatoms. The van der Waals surface area contributed by atoms with Gasteiger partial charge in [0.2, 0.25) is 0 Å². The Labute approximate surface area is 142 Å². The Balaban J connectivity index is 1.78. The third-order valence-electron chi connectivity index (χ3n) is 3.39. The number of H-pyrrole nitrogens is 1. The summed E-state index contributed by atoms with van der Waals surface area (Å²) in [6.07, 6.45) is 5.05. The minimum Gasteiger partial charge on any atom is -0.397 e. The number of nitrogens with zero attached hydrogens (tertiary/aromatic N) is 1. The predicted octanol–water partition coefficient (Wildman–Crippen LogP) is 4.40. The quantitative estimate of drug-likeness (QED) is 0.608. The van der Waals surface area contributed by atoms with Gasteiger partial charge in [-0.1, -0.05) is 34.8 Å². The van der Waals surface area contributed by atoms with E-state index < -0.39 is 0 Å². The van der Waals surface area contributed by atoms with Gasteiger partial charge in [-0.3, -0.25) is 4.98 Å². The van der Waals surface area contributed by atoms with Crippen molar-refractivity contribution in [1.29, 1.82) is 0 Å². The molecule has 0 bridgehead atoms. The van der Waals surface area contributed by atoms with Gasteiger partial charge in [0.15, 0.2) is 0 Å². The first-order chi connectivity index (χ1) is 10.6. The SMILES string of the molecule is Nc1c(CNCc2cncc(Cl)c2)cc(Cl)c2c(Cl)c[nH]c12. The molecule has 4 nitrogen and oxygen atoms in total. The highest BCUT2D eigenvalue weighted by atomic mass is 35.5. The number of aromatic amines is 1. The number of pyridine rings is 1. The van der Waals surface area contributed by atoms with Crippen LogP contribution in [0.15, 0.2) is 30.7 Å². The Morgan fingerprint density at radius 3 is 2.68 bits per heavy atom. The molecule has 0 saturated carbocycles. The summed E-state index contributed by atoms with van der Waals surface area (Å²) in [5, 5.41) is 5.82. The van der Waals surface area contributed by atoms with E-state index in [-0.39, 0.29) is 0 Å². The molecule has 2 aromatic heterocycles. The number of benzene rings is 1. The number of nitrogen functional groups attached to an aromatic ring is 1. The molecule has 3 aromatic rings. The molecule has 0 spiro atoms. The lowest BCUT2D eigenvalue weighted by Gasteiger charge is -2.10. The Morgan fingerprint density at radius 1 is 1.09 bits per heavy atom. The third kappa shape index (κ3) is 3.01. The molecule has 3 rings (SSSR count). The van der Waals surface area contributed by atoms with Crippen LogP contribution in [0.3, 0.4) is 0 Å². The summed E-state index contributed by atoms with van der Waals surface area (Å²) in [7, 11) is 0. The summed E-state index contributed by atoms with van der Waals surface area (Å²) in [6.45, 7) is 1.21. The van der Waals surface area contributed by atoms with Crippen molar-refractivity contribution in [2.24, 2.45) is 0 Å². The number of anilines is 1. The van der Waals surface area contributed by atoms with Crippen molar-refractivity contribution in [3.8, 4) is 0 Å². The first kappa shape index (κ1) is 15.4. The molecule has 0 aliphatic carbocycles. The van der Waals surface area contributed by atoms with Gasteiger partial charge < -0.3 is 16.0 Å². The number of nitrogens with one attached hydrogen (secondary N) is 2. The topological polar surface area (TPSA) is 66.7 Å². The molecular formula is C15H13Cl3N4.